The third-order valence-corrected chi connectivity index (χ3v) is 7.66. The fourth-order valence-electron chi connectivity index (χ4n) is 6.03. The second-order valence-corrected chi connectivity index (χ2v) is 9.39. The summed E-state index contributed by atoms with van der Waals surface area (Å²) in [5.41, 5.74) is 3.56. The molecule has 2 atom stereocenters. The van der Waals surface area contributed by atoms with Gasteiger partial charge in [-0.1, -0.05) is 0 Å². The third-order valence-electron chi connectivity index (χ3n) is 7.66. The maximum atomic E-state index is 4.71. The first-order valence-electron chi connectivity index (χ1n) is 11.5. The van der Waals surface area contributed by atoms with Gasteiger partial charge in [0.05, 0.1) is 23.6 Å². The molecule has 8 rings (SSSR count). The molecule has 3 saturated carbocycles. The fourth-order valence-corrected chi connectivity index (χ4v) is 6.03. The second kappa shape index (κ2) is 7.09. The third kappa shape index (κ3) is 2.84. The minimum Gasteiger partial charge on any atom is -0.337 e. The van der Waals surface area contributed by atoms with E-state index in [0.29, 0.717) is 6.04 Å². The molecule has 3 aromatic heterocycles. The topological polar surface area (TPSA) is 100 Å². The van der Waals surface area contributed by atoms with Gasteiger partial charge < -0.3 is 10.2 Å². The van der Waals surface area contributed by atoms with Crippen LogP contribution in [0.3, 0.4) is 0 Å². The van der Waals surface area contributed by atoms with Gasteiger partial charge in [-0.25, -0.2) is 9.67 Å². The molecule has 32 heavy (non-hydrogen) atoms. The van der Waals surface area contributed by atoms with Crippen LogP contribution in [0, 0.1) is 17.8 Å². The van der Waals surface area contributed by atoms with Gasteiger partial charge in [0.2, 0.25) is 5.95 Å². The lowest BCUT2D eigenvalue weighted by atomic mass is 9.80. The normalized spacial score (nSPS) is 27.1. The zero-order valence-electron chi connectivity index (χ0n) is 17.7. The van der Waals surface area contributed by atoms with Gasteiger partial charge in [0, 0.05) is 49.0 Å². The molecule has 4 aliphatic rings. The van der Waals surface area contributed by atoms with Gasteiger partial charge in [-0.2, -0.15) is 10.2 Å². The maximum Gasteiger partial charge on any atom is 0.245 e. The average molecular weight is 428 g/mol. The Hall–Kier alpha value is -3.33. The van der Waals surface area contributed by atoms with Crippen molar-refractivity contribution in [2.24, 2.45) is 17.8 Å². The molecule has 9 nitrogen and oxygen atoms in total. The summed E-state index contributed by atoms with van der Waals surface area (Å²) in [7, 11) is 0. The Morgan fingerprint density at radius 3 is 2.81 bits per heavy atom. The van der Waals surface area contributed by atoms with Crippen molar-refractivity contribution in [1.29, 1.82) is 0 Å². The van der Waals surface area contributed by atoms with E-state index in [-0.39, 0.29) is 0 Å². The number of anilines is 1. The van der Waals surface area contributed by atoms with Crippen LogP contribution in [0.2, 0.25) is 0 Å². The molecule has 4 heterocycles. The van der Waals surface area contributed by atoms with Gasteiger partial charge in [-0.3, -0.25) is 5.10 Å². The molecule has 1 unspecified atom stereocenters. The molecule has 0 amide bonds. The first-order chi connectivity index (χ1) is 15.8. The van der Waals surface area contributed by atoms with Crippen molar-refractivity contribution in [1.82, 2.24) is 40.5 Å². The Morgan fingerprint density at radius 1 is 1.06 bits per heavy atom. The van der Waals surface area contributed by atoms with Gasteiger partial charge in [0.1, 0.15) is 5.69 Å². The molecule has 1 saturated heterocycles. The Kier molecular flexibility index (Phi) is 4.05. The van der Waals surface area contributed by atoms with Gasteiger partial charge in [-0.05, 0) is 55.2 Å². The standard InChI is InChI=1S/C23H25N9/c1-4-27-32(6-1)21-3-2-16(18-11-26-29-22(18)21)19-12-25-23(30-28-19)31-7-5-24-20(13-31)17-10-14-8-15(17)9-14/h1-4,6,11-12,14-15,17,20,24H,5,7-10,13H2,(H,26,29)/t14?,15?,17-,20?/m0/s1. The predicted molar refractivity (Wildman–Crippen MR) is 120 cm³/mol. The number of hydrogen-bond acceptors (Lipinski definition) is 7. The quantitative estimate of drug-likeness (QED) is 0.516. The van der Waals surface area contributed by atoms with E-state index in [1.165, 1.54) is 19.3 Å². The number of aromatic nitrogens is 7. The molecular weight excluding hydrogens is 402 g/mol. The molecule has 162 valence electrons. The van der Waals surface area contributed by atoms with Crippen molar-refractivity contribution in [3.8, 4) is 16.9 Å². The fraction of sp³-hybridized carbons (Fsp3) is 0.435. The number of piperazine rings is 1. The molecule has 4 aromatic rings. The maximum absolute atomic E-state index is 4.71. The summed E-state index contributed by atoms with van der Waals surface area (Å²) in [6.45, 7) is 2.87. The van der Waals surface area contributed by atoms with E-state index in [1.54, 1.807) is 6.20 Å². The van der Waals surface area contributed by atoms with Crippen molar-refractivity contribution in [2.45, 2.75) is 25.3 Å². The summed E-state index contributed by atoms with van der Waals surface area (Å²) < 4.78 is 1.83. The van der Waals surface area contributed by atoms with Gasteiger partial charge in [0.25, 0.3) is 0 Å². The number of aromatic amines is 1. The highest BCUT2D eigenvalue weighted by molar-refractivity contribution is 5.97. The summed E-state index contributed by atoms with van der Waals surface area (Å²) in [6.07, 6.45) is 11.6. The number of rotatable bonds is 4. The van der Waals surface area contributed by atoms with Crippen LogP contribution < -0.4 is 10.2 Å². The van der Waals surface area contributed by atoms with Crippen LogP contribution in [0.5, 0.6) is 0 Å². The summed E-state index contributed by atoms with van der Waals surface area (Å²) >= 11 is 0. The lowest BCUT2D eigenvalue weighted by Crippen LogP contribution is -2.54. The molecule has 9 heteroatoms. The monoisotopic (exact) mass is 427 g/mol. The predicted octanol–water partition coefficient (Wildman–Crippen LogP) is 2.42. The van der Waals surface area contributed by atoms with Crippen LogP contribution in [0.15, 0.2) is 43.0 Å². The number of fused-ring (bicyclic) bond motifs is 2. The SMILES string of the molecule is c1cnn(-c2ccc(-c3cnc(N4CCNC([C@H]5CC6CC5C6)C4)nn3)c3cn[nH]c23)c1. The molecule has 4 fully saturated rings. The minimum absolute atomic E-state index is 0.546. The zero-order chi connectivity index (χ0) is 21.1. The summed E-state index contributed by atoms with van der Waals surface area (Å²) in [5, 5.41) is 25.5. The highest BCUT2D eigenvalue weighted by atomic mass is 15.3. The van der Waals surface area contributed by atoms with E-state index < -0.39 is 0 Å². The summed E-state index contributed by atoms with van der Waals surface area (Å²) in [4.78, 5) is 7.00. The Morgan fingerprint density at radius 2 is 2.03 bits per heavy atom. The van der Waals surface area contributed by atoms with E-state index in [9.17, 15) is 0 Å². The van der Waals surface area contributed by atoms with Gasteiger partial charge in [0.15, 0.2) is 0 Å². The summed E-state index contributed by atoms with van der Waals surface area (Å²) in [6, 6.07) is 6.50. The van der Waals surface area contributed by atoms with E-state index in [4.69, 9.17) is 4.98 Å². The first-order valence-corrected chi connectivity index (χ1v) is 11.5. The first kappa shape index (κ1) is 18.3. The van der Waals surface area contributed by atoms with Crippen molar-refractivity contribution in [2.75, 3.05) is 24.5 Å². The Balaban J connectivity index is 1.15. The number of H-pyrrole nitrogens is 1. The van der Waals surface area contributed by atoms with Crippen LogP contribution in [0.4, 0.5) is 5.95 Å². The number of nitrogens with zero attached hydrogens (tertiary/aromatic N) is 7. The van der Waals surface area contributed by atoms with Crippen molar-refractivity contribution < 1.29 is 0 Å². The number of nitrogens with one attached hydrogen (secondary N) is 2. The molecule has 0 spiro atoms. The molecule has 2 bridgehead atoms. The van der Waals surface area contributed by atoms with E-state index in [0.717, 1.165) is 71.2 Å². The van der Waals surface area contributed by atoms with E-state index in [2.05, 4.69) is 35.7 Å². The molecule has 1 aliphatic heterocycles. The molecule has 2 N–H and O–H groups in total. The molecule has 1 aromatic carbocycles. The highest BCUT2D eigenvalue weighted by Gasteiger charge is 2.48. The van der Waals surface area contributed by atoms with Crippen molar-refractivity contribution in [3.63, 3.8) is 0 Å². The van der Waals surface area contributed by atoms with Gasteiger partial charge in [-0.15, -0.1) is 10.2 Å². The van der Waals surface area contributed by atoms with E-state index >= 15 is 0 Å². The Bertz CT molecular complexity index is 1240. The van der Waals surface area contributed by atoms with Crippen LogP contribution in [0.25, 0.3) is 27.8 Å². The molecular formula is C23H25N9. The molecule has 3 aliphatic carbocycles. The Labute approximate surface area is 185 Å². The lowest BCUT2D eigenvalue weighted by Gasteiger charge is -2.38. The zero-order valence-corrected chi connectivity index (χ0v) is 17.7. The highest BCUT2D eigenvalue weighted by Crippen LogP contribution is 2.53. The molecule has 0 radical (unpaired) electrons. The van der Waals surface area contributed by atoms with Crippen LogP contribution in [-0.2, 0) is 0 Å². The van der Waals surface area contributed by atoms with Gasteiger partial charge >= 0.3 is 0 Å². The largest absolute Gasteiger partial charge is 0.337 e. The van der Waals surface area contributed by atoms with E-state index in [1.807, 2.05) is 41.5 Å². The second-order valence-electron chi connectivity index (χ2n) is 9.39. The van der Waals surface area contributed by atoms with Crippen LogP contribution >= 0.6 is 0 Å². The van der Waals surface area contributed by atoms with Crippen LogP contribution in [0.1, 0.15) is 19.3 Å². The summed E-state index contributed by atoms with van der Waals surface area (Å²) in [5.74, 6) is 3.46. The average Bonchev–Trinajstić information content (AvgIpc) is 3.62. The van der Waals surface area contributed by atoms with Crippen molar-refractivity contribution in [3.05, 3.63) is 43.0 Å². The lowest BCUT2D eigenvalue weighted by molar-refractivity contribution is 0.235. The van der Waals surface area contributed by atoms with Crippen molar-refractivity contribution >= 4 is 16.9 Å². The minimum atomic E-state index is 0.546. The smallest absolute Gasteiger partial charge is 0.245 e. The number of hydrogen-bond donors (Lipinski definition) is 2. The van der Waals surface area contributed by atoms with Crippen LogP contribution in [-0.4, -0.2) is 60.8 Å². The number of benzene rings is 1.